The van der Waals surface area contributed by atoms with Gasteiger partial charge >= 0.3 is 0 Å². The van der Waals surface area contributed by atoms with Gasteiger partial charge in [-0.1, -0.05) is 12.1 Å². The predicted molar refractivity (Wildman–Crippen MR) is 81.9 cm³/mol. The first kappa shape index (κ1) is 14.5. The maximum Gasteiger partial charge on any atom is 0.227 e. The summed E-state index contributed by atoms with van der Waals surface area (Å²) in [6.45, 7) is 0. The smallest absolute Gasteiger partial charge is 0.227 e. The number of nitrogens with zero attached hydrogens (tertiary/aromatic N) is 1. The van der Waals surface area contributed by atoms with Crippen molar-refractivity contribution in [3.8, 4) is 0 Å². The molecule has 3 rings (SSSR count). The molecule has 6 heteroatoms. The summed E-state index contributed by atoms with van der Waals surface area (Å²) >= 11 is 0. The van der Waals surface area contributed by atoms with Crippen molar-refractivity contribution in [1.29, 1.82) is 0 Å². The quantitative estimate of drug-likeness (QED) is 0.885. The molecule has 0 saturated carbocycles. The summed E-state index contributed by atoms with van der Waals surface area (Å²) in [6.07, 6.45) is 1.88. The van der Waals surface area contributed by atoms with Crippen LogP contribution in [0.25, 0.3) is 0 Å². The molecule has 0 bridgehead atoms. The van der Waals surface area contributed by atoms with E-state index in [1.807, 2.05) is 18.2 Å². The lowest BCUT2D eigenvalue weighted by Crippen LogP contribution is -2.31. The molecule has 0 aromatic heterocycles. The molecule has 1 aromatic carbocycles. The third kappa shape index (κ3) is 2.70. The van der Waals surface area contributed by atoms with Crippen LogP contribution in [0.15, 0.2) is 18.2 Å². The molecule has 5 nitrogen and oxygen atoms in total. The number of carbonyl (C=O) groups excluding carboxylic acids is 1. The number of nitrogens with two attached hydrogens (primary N) is 1. The van der Waals surface area contributed by atoms with Crippen molar-refractivity contribution < 1.29 is 13.2 Å². The van der Waals surface area contributed by atoms with Gasteiger partial charge in [0.05, 0.1) is 11.5 Å². The lowest BCUT2D eigenvalue weighted by Gasteiger charge is -2.27. The lowest BCUT2D eigenvalue weighted by molar-refractivity contribution is -0.118. The summed E-state index contributed by atoms with van der Waals surface area (Å²) in [6, 6.07) is 5.62. The third-order valence-corrected chi connectivity index (χ3v) is 6.40. The summed E-state index contributed by atoms with van der Waals surface area (Å²) < 4.78 is 23.2. The van der Waals surface area contributed by atoms with Gasteiger partial charge in [-0.15, -0.1) is 0 Å². The Kier molecular flexibility index (Phi) is 3.53. The van der Waals surface area contributed by atoms with E-state index in [0.717, 1.165) is 23.2 Å². The van der Waals surface area contributed by atoms with Gasteiger partial charge in [0, 0.05) is 25.2 Å². The van der Waals surface area contributed by atoms with E-state index in [-0.39, 0.29) is 29.4 Å². The molecule has 1 fully saturated rings. The van der Waals surface area contributed by atoms with Crippen LogP contribution in [0.1, 0.15) is 30.0 Å². The van der Waals surface area contributed by atoms with Crippen molar-refractivity contribution in [3.63, 3.8) is 0 Å². The van der Waals surface area contributed by atoms with Crippen LogP contribution in [0.5, 0.6) is 0 Å². The molecule has 0 aliphatic carbocycles. The second-order valence-corrected chi connectivity index (χ2v) is 8.26. The zero-order valence-corrected chi connectivity index (χ0v) is 12.9. The molecule has 2 heterocycles. The first-order chi connectivity index (χ1) is 9.87. The van der Waals surface area contributed by atoms with Crippen molar-refractivity contribution in [2.45, 2.75) is 25.3 Å². The number of rotatable bonds is 2. The second-order valence-electron chi connectivity index (χ2n) is 6.03. The standard InChI is InChI=1S/C15H20N2O3S/c1-17-13-4-2-11(8-10(13)3-5-14(17)18)15(16)12-6-7-21(19,20)9-12/h2,4,8,12,15H,3,5-7,9,16H2,1H3. The highest BCUT2D eigenvalue weighted by atomic mass is 32.2. The Morgan fingerprint density at radius 3 is 2.76 bits per heavy atom. The fourth-order valence-electron chi connectivity index (χ4n) is 3.26. The van der Waals surface area contributed by atoms with Gasteiger partial charge in [0.1, 0.15) is 0 Å². The van der Waals surface area contributed by atoms with Crippen molar-refractivity contribution in [1.82, 2.24) is 0 Å². The molecular formula is C15H20N2O3S. The Morgan fingerprint density at radius 1 is 1.33 bits per heavy atom. The largest absolute Gasteiger partial charge is 0.324 e. The Morgan fingerprint density at radius 2 is 2.10 bits per heavy atom. The predicted octanol–water partition coefficient (Wildman–Crippen LogP) is 1.03. The van der Waals surface area contributed by atoms with E-state index in [1.54, 1.807) is 11.9 Å². The Balaban J connectivity index is 1.86. The van der Waals surface area contributed by atoms with E-state index >= 15 is 0 Å². The molecular weight excluding hydrogens is 288 g/mol. The number of benzene rings is 1. The Labute approximate surface area is 125 Å². The van der Waals surface area contributed by atoms with Gasteiger partial charge in [-0.05, 0) is 36.0 Å². The summed E-state index contributed by atoms with van der Waals surface area (Å²) in [5.74, 6) is 0.550. The summed E-state index contributed by atoms with van der Waals surface area (Å²) in [4.78, 5) is 13.4. The van der Waals surface area contributed by atoms with Gasteiger partial charge in [0.2, 0.25) is 5.91 Å². The molecule has 2 unspecified atom stereocenters. The highest BCUT2D eigenvalue weighted by Gasteiger charge is 2.33. The molecule has 2 N–H and O–H groups in total. The van der Waals surface area contributed by atoms with E-state index < -0.39 is 9.84 Å². The topological polar surface area (TPSA) is 80.5 Å². The molecule has 21 heavy (non-hydrogen) atoms. The molecule has 0 radical (unpaired) electrons. The molecule has 1 saturated heterocycles. The minimum Gasteiger partial charge on any atom is -0.324 e. The highest BCUT2D eigenvalue weighted by molar-refractivity contribution is 7.91. The number of sulfone groups is 1. The van der Waals surface area contributed by atoms with E-state index in [9.17, 15) is 13.2 Å². The van der Waals surface area contributed by atoms with Gasteiger partial charge < -0.3 is 10.6 Å². The fourth-order valence-corrected chi connectivity index (χ4v) is 5.12. The number of hydrogen-bond acceptors (Lipinski definition) is 4. The molecule has 0 spiro atoms. The molecule has 1 aromatic rings. The third-order valence-electron chi connectivity index (χ3n) is 4.61. The summed E-state index contributed by atoms with van der Waals surface area (Å²) in [5.41, 5.74) is 9.29. The van der Waals surface area contributed by atoms with Crippen LogP contribution in [0.2, 0.25) is 0 Å². The van der Waals surface area contributed by atoms with Crippen molar-refractivity contribution in [2.24, 2.45) is 11.7 Å². The van der Waals surface area contributed by atoms with E-state index in [2.05, 4.69) is 0 Å². The summed E-state index contributed by atoms with van der Waals surface area (Å²) in [5, 5.41) is 0. The van der Waals surface area contributed by atoms with Gasteiger partial charge in [-0.3, -0.25) is 4.79 Å². The number of carbonyl (C=O) groups is 1. The lowest BCUT2D eigenvalue weighted by atomic mass is 9.90. The fraction of sp³-hybridized carbons (Fsp3) is 0.533. The number of aryl methyl sites for hydroxylation is 1. The van der Waals surface area contributed by atoms with Crippen LogP contribution in [-0.2, 0) is 21.1 Å². The minimum absolute atomic E-state index is 0.00370. The van der Waals surface area contributed by atoms with E-state index in [4.69, 9.17) is 5.73 Å². The zero-order valence-electron chi connectivity index (χ0n) is 12.1. The number of anilines is 1. The van der Waals surface area contributed by atoms with E-state index in [1.165, 1.54) is 0 Å². The monoisotopic (exact) mass is 308 g/mol. The first-order valence-electron chi connectivity index (χ1n) is 7.23. The average Bonchev–Trinajstić information content (AvgIpc) is 2.82. The Bertz CT molecular complexity index is 684. The maximum atomic E-state index is 11.7. The van der Waals surface area contributed by atoms with E-state index in [0.29, 0.717) is 12.8 Å². The van der Waals surface area contributed by atoms with Crippen LogP contribution in [0.3, 0.4) is 0 Å². The molecule has 2 aliphatic heterocycles. The molecule has 114 valence electrons. The van der Waals surface area contributed by atoms with Crippen LogP contribution >= 0.6 is 0 Å². The van der Waals surface area contributed by atoms with Gasteiger partial charge in [-0.25, -0.2) is 8.42 Å². The maximum absolute atomic E-state index is 11.7. The highest BCUT2D eigenvalue weighted by Crippen LogP contribution is 2.33. The minimum atomic E-state index is -2.91. The normalized spacial score (nSPS) is 25.7. The zero-order chi connectivity index (χ0) is 15.2. The number of amides is 1. The number of fused-ring (bicyclic) bond motifs is 1. The Hall–Kier alpha value is -1.40. The van der Waals surface area contributed by atoms with Crippen LogP contribution in [0.4, 0.5) is 5.69 Å². The summed E-state index contributed by atoms with van der Waals surface area (Å²) in [7, 11) is -1.13. The van der Waals surface area contributed by atoms with Crippen molar-refractivity contribution in [2.75, 3.05) is 23.5 Å². The molecule has 1 amide bonds. The first-order valence-corrected chi connectivity index (χ1v) is 9.05. The van der Waals surface area contributed by atoms with Crippen LogP contribution in [0, 0.1) is 5.92 Å². The van der Waals surface area contributed by atoms with Gasteiger partial charge in [0.25, 0.3) is 0 Å². The average molecular weight is 308 g/mol. The van der Waals surface area contributed by atoms with Crippen molar-refractivity contribution >= 4 is 21.4 Å². The second kappa shape index (κ2) is 5.10. The SMILES string of the molecule is CN1C(=O)CCc2cc(C(N)C3CCS(=O)(=O)C3)ccc21. The van der Waals surface area contributed by atoms with Crippen molar-refractivity contribution in [3.05, 3.63) is 29.3 Å². The number of hydrogen-bond donors (Lipinski definition) is 1. The van der Waals surface area contributed by atoms with Crippen LogP contribution in [-0.4, -0.2) is 32.9 Å². The molecule has 2 aliphatic rings. The van der Waals surface area contributed by atoms with Crippen LogP contribution < -0.4 is 10.6 Å². The van der Waals surface area contributed by atoms with Gasteiger partial charge in [-0.2, -0.15) is 0 Å². The molecule has 2 atom stereocenters. The van der Waals surface area contributed by atoms with Gasteiger partial charge in [0.15, 0.2) is 9.84 Å².